The first-order valence-corrected chi connectivity index (χ1v) is 20.7. The molecule has 11 rings (SSSR count). The average molecular weight is 777 g/mol. The van der Waals surface area contributed by atoms with Crippen molar-refractivity contribution >= 4 is 99.5 Å². The second-order valence-corrected chi connectivity index (χ2v) is 16.5. The van der Waals surface area contributed by atoms with E-state index in [-0.39, 0.29) is 0 Å². The van der Waals surface area contributed by atoms with E-state index in [1.54, 1.807) is 0 Å². The Morgan fingerprint density at radius 3 is 1.32 bits per heavy atom. The largest absolute Gasteiger partial charge is 0.456 e. The highest BCUT2D eigenvalue weighted by molar-refractivity contribution is 6.24. The molecule has 9 aromatic carbocycles. The van der Waals surface area contributed by atoms with Gasteiger partial charge in [0.2, 0.25) is 0 Å². The first-order chi connectivity index (χ1) is 29.2. The van der Waals surface area contributed by atoms with E-state index in [0.29, 0.717) is 0 Å². The third-order valence-corrected chi connectivity index (χ3v) is 12.5. The van der Waals surface area contributed by atoms with Gasteiger partial charge in [-0.3, -0.25) is 0 Å². The number of rotatable bonds is 6. The highest BCUT2D eigenvalue weighted by atomic mass is 16.3. The SMILES string of the molecule is Cc1ccccc1N(c1ccc2cc3c(cc2c1)oc1c3ccc2oc3cc4cc(N(c5ccccc5C)c5c(C)cccc5C)ccc4cc3c21)c1c(C)cccc1C. The van der Waals surface area contributed by atoms with Gasteiger partial charge in [0, 0.05) is 38.9 Å². The van der Waals surface area contributed by atoms with Crippen LogP contribution in [0.25, 0.3) is 65.4 Å². The van der Waals surface area contributed by atoms with Gasteiger partial charge in [0.1, 0.15) is 22.3 Å². The second-order valence-electron chi connectivity index (χ2n) is 16.5. The van der Waals surface area contributed by atoms with Crippen LogP contribution >= 0.6 is 0 Å². The van der Waals surface area contributed by atoms with Crippen LogP contribution in [0, 0.1) is 41.5 Å². The van der Waals surface area contributed by atoms with Crippen molar-refractivity contribution in [3.63, 3.8) is 0 Å². The van der Waals surface area contributed by atoms with Gasteiger partial charge in [-0.25, -0.2) is 0 Å². The number of hydrogen-bond donors (Lipinski definition) is 0. The van der Waals surface area contributed by atoms with E-state index in [1.165, 1.54) is 61.5 Å². The first-order valence-electron chi connectivity index (χ1n) is 20.7. The van der Waals surface area contributed by atoms with Crippen LogP contribution in [-0.2, 0) is 0 Å². The maximum Gasteiger partial charge on any atom is 0.147 e. The molecule has 0 aliphatic rings. The fourth-order valence-corrected chi connectivity index (χ4v) is 9.56. The lowest BCUT2D eigenvalue weighted by molar-refractivity contribution is 0.663. The Kier molecular flexibility index (Phi) is 8.15. The van der Waals surface area contributed by atoms with Crippen LogP contribution in [0.15, 0.2) is 167 Å². The monoisotopic (exact) mass is 776 g/mol. The van der Waals surface area contributed by atoms with Gasteiger partial charge in [0.15, 0.2) is 0 Å². The zero-order valence-electron chi connectivity index (χ0n) is 34.7. The van der Waals surface area contributed by atoms with E-state index >= 15 is 0 Å². The second kappa shape index (κ2) is 13.6. The molecule has 2 heterocycles. The Hall–Kier alpha value is -7.30. The Balaban J connectivity index is 1.06. The third kappa shape index (κ3) is 5.59. The summed E-state index contributed by atoms with van der Waals surface area (Å²) in [6.45, 7) is 13.1. The number of aryl methyl sites for hydroxylation is 6. The van der Waals surface area contributed by atoms with Crippen molar-refractivity contribution in [3.05, 3.63) is 191 Å². The predicted molar refractivity (Wildman–Crippen MR) is 254 cm³/mol. The molecule has 11 aromatic rings. The first kappa shape index (κ1) is 35.8. The summed E-state index contributed by atoms with van der Waals surface area (Å²) in [6, 6.07) is 57.0. The lowest BCUT2D eigenvalue weighted by atomic mass is 10.0. The summed E-state index contributed by atoms with van der Waals surface area (Å²) in [4.78, 5) is 4.80. The molecule has 0 N–H and O–H groups in total. The van der Waals surface area contributed by atoms with E-state index < -0.39 is 0 Å². The minimum atomic E-state index is 0.818. The van der Waals surface area contributed by atoms with Crippen LogP contribution in [0.4, 0.5) is 34.1 Å². The number of hydrogen-bond acceptors (Lipinski definition) is 4. The van der Waals surface area contributed by atoms with Gasteiger partial charge in [-0.05, 0) is 169 Å². The molecule has 2 aromatic heterocycles. The topological polar surface area (TPSA) is 32.8 Å². The van der Waals surface area contributed by atoms with Crippen LogP contribution in [0.2, 0.25) is 0 Å². The van der Waals surface area contributed by atoms with Crippen molar-refractivity contribution in [1.29, 1.82) is 0 Å². The summed E-state index contributed by atoms with van der Waals surface area (Å²) in [5, 5.41) is 8.80. The van der Waals surface area contributed by atoms with Crippen molar-refractivity contribution in [2.75, 3.05) is 9.80 Å². The van der Waals surface area contributed by atoms with Crippen LogP contribution < -0.4 is 9.80 Å². The summed E-state index contributed by atoms with van der Waals surface area (Å²) in [7, 11) is 0. The number of benzene rings is 9. The molecular weight excluding hydrogens is 733 g/mol. The highest BCUT2D eigenvalue weighted by Crippen LogP contribution is 2.46. The van der Waals surface area contributed by atoms with Crippen LogP contribution in [0.1, 0.15) is 33.4 Å². The lowest BCUT2D eigenvalue weighted by Crippen LogP contribution is -2.14. The summed E-state index contributed by atoms with van der Waals surface area (Å²) in [5.74, 6) is 0. The number of furan rings is 2. The molecule has 0 atom stereocenters. The fraction of sp³-hybridized carbons (Fsp3) is 0.107. The minimum absolute atomic E-state index is 0.818. The van der Waals surface area contributed by atoms with Crippen molar-refractivity contribution in [2.24, 2.45) is 0 Å². The van der Waals surface area contributed by atoms with Crippen LogP contribution in [0.5, 0.6) is 0 Å². The molecule has 290 valence electrons. The van der Waals surface area contributed by atoms with Gasteiger partial charge in [0.25, 0.3) is 0 Å². The maximum atomic E-state index is 6.88. The standard InChI is InChI=1S/C56H44N2O2/c1-33-13-7-9-19-48(33)57(54-35(3)15-11-16-36(54)4)43-23-21-39-29-46-45-25-26-50-53(56(45)60-51(46)31-41(39)27-43)47-30-40-22-24-44(28-42(40)32-52(47)59-50)58(49-20-10-8-14-34(49)2)55-37(5)17-12-18-38(55)6/h7-32H,1-6H3. The third-order valence-electron chi connectivity index (χ3n) is 12.5. The van der Waals surface area contributed by atoms with Gasteiger partial charge in [-0.2, -0.15) is 0 Å². The van der Waals surface area contributed by atoms with Gasteiger partial charge in [-0.15, -0.1) is 0 Å². The molecule has 0 saturated carbocycles. The Morgan fingerprint density at radius 1 is 0.333 bits per heavy atom. The lowest BCUT2D eigenvalue weighted by Gasteiger charge is -2.30. The van der Waals surface area contributed by atoms with E-state index in [9.17, 15) is 0 Å². The summed E-state index contributed by atoms with van der Waals surface area (Å²) < 4.78 is 13.5. The molecule has 60 heavy (non-hydrogen) atoms. The van der Waals surface area contributed by atoms with Crippen molar-refractivity contribution in [2.45, 2.75) is 41.5 Å². The summed E-state index contributed by atoms with van der Waals surface area (Å²) in [5.41, 5.74) is 17.7. The van der Waals surface area contributed by atoms with Gasteiger partial charge in [-0.1, -0.05) is 84.9 Å². The van der Waals surface area contributed by atoms with Gasteiger partial charge in [0.05, 0.1) is 16.8 Å². The van der Waals surface area contributed by atoms with Crippen molar-refractivity contribution < 1.29 is 8.83 Å². The smallest absolute Gasteiger partial charge is 0.147 e. The molecular formula is C56H44N2O2. The van der Waals surface area contributed by atoms with Crippen molar-refractivity contribution in [3.8, 4) is 0 Å². The average Bonchev–Trinajstić information content (AvgIpc) is 3.79. The normalized spacial score (nSPS) is 11.8. The fourth-order valence-electron chi connectivity index (χ4n) is 9.56. The van der Waals surface area contributed by atoms with Gasteiger partial charge >= 0.3 is 0 Å². The number of nitrogens with zero attached hydrogens (tertiary/aromatic N) is 2. The van der Waals surface area contributed by atoms with E-state index in [4.69, 9.17) is 8.83 Å². The van der Waals surface area contributed by atoms with E-state index in [2.05, 4.69) is 209 Å². The zero-order chi connectivity index (χ0) is 40.8. The molecule has 0 aliphatic heterocycles. The molecule has 4 nitrogen and oxygen atoms in total. The van der Waals surface area contributed by atoms with E-state index in [1.807, 2.05) is 0 Å². The summed E-state index contributed by atoms with van der Waals surface area (Å²) in [6.07, 6.45) is 0. The number of anilines is 6. The van der Waals surface area contributed by atoms with Crippen LogP contribution in [-0.4, -0.2) is 0 Å². The molecule has 0 unspecified atom stereocenters. The van der Waals surface area contributed by atoms with Gasteiger partial charge < -0.3 is 18.6 Å². The molecule has 0 saturated heterocycles. The Morgan fingerprint density at radius 2 is 0.800 bits per heavy atom. The Labute approximate surface area is 349 Å². The molecule has 0 radical (unpaired) electrons. The molecule has 0 fully saturated rings. The predicted octanol–water partition coefficient (Wildman–Crippen LogP) is 16.6. The molecule has 0 spiro atoms. The van der Waals surface area contributed by atoms with Crippen molar-refractivity contribution in [1.82, 2.24) is 0 Å². The number of para-hydroxylation sites is 4. The number of fused-ring (bicyclic) bond motifs is 9. The molecule has 0 bridgehead atoms. The minimum Gasteiger partial charge on any atom is -0.456 e. The molecule has 0 amide bonds. The zero-order valence-corrected chi connectivity index (χ0v) is 34.7. The van der Waals surface area contributed by atoms with Crippen LogP contribution in [0.3, 0.4) is 0 Å². The Bertz CT molecular complexity index is 3490. The highest BCUT2D eigenvalue weighted by Gasteiger charge is 2.22. The summed E-state index contributed by atoms with van der Waals surface area (Å²) >= 11 is 0. The molecule has 0 aliphatic carbocycles. The van der Waals surface area contributed by atoms with E-state index in [0.717, 1.165) is 71.4 Å². The quantitative estimate of drug-likeness (QED) is 0.168. The maximum absolute atomic E-state index is 6.88. The molecule has 4 heteroatoms.